The predicted octanol–water partition coefficient (Wildman–Crippen LogP) is 3.99. The van der Waals surface area contributed by atoms with Crippen LogP contribution in [0.4, 0.5) is 11.4 Å². The Hall–Kier alpha value is -1.33. The highest BCUT2D eigenvalue weighted by molar-refractivity contribution is 9.11. The summed E-state index contributed by atoms with van der Waals surface area (Å²) in [6.45, 7) is 4.07. The molecule has 1 unspecified atom stereocenters. The van der Waals surface area contributed by atoms with Gasteiger partial charge in [0.15, 0.2) is 0 Å². The number of fused-ring (bicyclic) bond motifs is 1. The molecule has 1 aromatic heterocycles. The lowest BCUT2D eigenvalue weighted by molar-refractivity contribution is 0.0985. The summed E-state index contributed by atoms with van der Waals surface area (Å²) in [6, 6.07) is 7.88. The standard InChI is InChI=1S/C15H15BrN2OS/c1-8-5-13(20-14(8)16)15(19)18-9(2)6-10-7-11(17)3-4-12(10)18/h3-5,7,9H,6,17H2,1-2H3. The minimum absolute atomic E-state index is 0.0693. The number of nitrogen functional groups attached to an aromatic ring is 1. The predicted molar refractivity (Wildman–Crippen MR) is 87.6 cm³/mol. The second kappa shape index (κ2) is 4.90. The molecule has 1 atom stereocenters. The van der Waals surface area contributed by atoms with Gasteiger partial charge in [0.2, 0.25) is 0 Å². The number of amides is 1. The van der Waals surface area contributed by atoms with Gasteiger partial charge < -0.3 is 10.6 Å². The Morgan fingerprint density at radius 2 is 2.20 bits per heavy atom. The molecule has 0 fully saturated rings. The Kier molecular flexibility index (Phi) is 3.34. The van der Waals surface area contributed by atoms with Gasteiger partial charge in [-0.15, -0.1) is 11.3 Å². The van der Waals surface area contributed by atoms with Gasteiger partial charge in [-0.05, 0) is 71.6 Å². The van der Waals surface area contributed by atoms with Crippen molar-refractivity contribution in [3.05, 3.63) is 44.1 Å². The molecule has 1 amide bonds. The fourth-order valence-electron chi connectivity index (χ4n) is 2.64. The molecule has 1 aromatic carbocycles. The highest BCUT2D eigenvalue weighted by atomic mass is 79.9. The Bertz CT molecular complexity index is 676. The maximum atomic E-state index is 12.8. The summed E-state index contributed by atoms with van der Waals surface area (Å²) in [4.78, 5) is 15.4. The second-order valence-electron chi connectivity index (χ2n) is 5.18. The van der Waals surface area contributed by atoms with Crippen LogP contribution >= 0.6 is 27.3 Å². The lowest BCUT2D eigenvalue weighted by atomic mass is 10.1. The van der Waals surface area contributed by atoms with E-state index >= 15 is 0 Å². The van der Waals surface area contributed by atoms with Crippen LogP contribution in [0.1, 0.15) is 27.7 Å². The molecule has 0 aliphatic carbocycles. The van der Waals surface area contributed by atoms with Crippen molar-refractivity contribution in [1.29, 1.82) is 0 Å². The quantitative estimate of drug-likeness (QED) is 0.790. The number of aryl methyl sites for hydroxylation is 1. The second-order valence-corrected chi connectivity index (χ2v) is 7.55. The van der Waals surface area contributed by atoms with Gasteiger partial charge in [-0.3, -0.25) is 4.79 Å². The number of hydrogen-bond donors (Lipinski definition) is 1. The number of halogens is 1. The third-order valence-corrected chi connectivity index (χ3v) is 5.73. The van der Waals surface area contributed by atoms with Gasteiger partial charge in [0.05, 0.1) is 8.66 Å². The van der Waals surface area contributed by atoms with E-state index in [-0.39, 0.29) is 11.9 Å². The summed E-state index contributed by atoms with van der Waals surface area (Å²) >= 11 is 4.97. The van der Waals surface area contributed by atoms with E-state index in [9.17, 15) is 4.79 Å². The molecule has 0 saturated carbocycles. The van der Waals surface area contributed by atoms with Crippen molar-refractivity contribution < 1.29 is 4.79 Å². The summed E-state index contributed by atoms with van der Waals surface area (Å²) in [6.07, 6.45) is 0.859. The third kappa shape index (κ3) is 2.15. The van der Waals surface area contributed by atoms with Crippen LogP contribution < -0.4 is 10.6 Å². The molecule has 2 heterocycles. The molecule has 1 aliphatic heterocycles. The smallest absolute Gasteiger partial charge is 0.268 e. The SMILES string of the molecule is Cc1cc(C(=O)N2c3ccc(N)cc3CC2C)sc1Br. The van der Waals surface area contributed by atoms with Crippen LogP contribution in [0.15, 0.2) is 28.1 Å². The van der Waals surface area contributed by atoms with Gasteiger partial charge in [0.25, 0.3) is 5.91 Å². The van der Waals surface area contributed by atoms with Crippen LogP contribution in [-0.2, 0) is 6.42 Å². The van der Waals surface area contributed by atoms with Crippen LogP contribution in [0.3, 0.4) is 0 Å². The van der Waals surface area contributed by atoms with Crippen LogP contribution in [-0.4, -0.2) is 11.9 Å². The molecular weight excluding hydrogens is 336 g/mol. The Labute approximate surface area is 130 Å². The van der Waals surface area contributed by atoms with Gasteiger partial charge in [-0.25, -0.2) is 0 Å². The van der Waals surface area contributed by atoms with Crippen molar-refractivity contribution in [3.8, 4) is 0 Å². The van der Waals surface area contributed by atoms with Crippen molar-refractivity contribution in [2.75, 3.05) is 10.6 Å². The maximum Gasteiger partial charge on any atom is 0.268 e. The Balaban J connectivity index is 2.00. The monoisotopic (exact) mass is 350 g/mol. The first-order valence-corrected chi connectivity index (χ1v) is 8.06. The topological polar surface area (TPSA) is 46.3 Å². The van der Waals surface area contributed by atoms with Crippen molar-refractivity contribution >= 4 is 44.5 Å². The van der Waals surface area contributed by atoms with E-state index in [2.05, 4.69) is 22.9 Å². The van der Waals surface area contributed by atoms with Crippen LogP contribution in [0.5, 0.6) is 0 Å². The van der Waals surface area contributed by atoms with Crippen LogP contribution in [0.2, 0.25) is 0 Å². The lowest BCUT2D eigenvalue weighted by Gasteiger charge is -2.22. The number of nitrogens with zero attached hydrogens (tertiary/aromatic N) is 1. The number of carbonyl (C=O) groups is 1. The lowest BCUT2D eigenvalue weighted by Crippen LogP contribution is -2.35. The molecule has 0 spiro atoms. The fourth-order valence-corrected chi connectivity index (χ4v) is 4.12. The van der Waals surface area contributed by atoms with E-state index in [1.807, 2.05) is 36.1 Å². The average molecular weight is 351 g/mol. The number of carbonyl (C=O) groups excluding carboxylic acids is 1. The number of hydrogen-bond acceptors (Lipinski definition) is 3. The van der Waals surface area contributed by atoms with Crippen molar-refractivity contribution in [1.82, 2.24) is 0 Å². The van der Waals surface area contributed by atoms with E-state index in [0.717, 1.165) is 37.6 Å². The summed E-state index contributed by atoms with van der Waals surface area (Å²) in [5.41, 5.74) is 9.81. The number of benzene rings is 1. The normalized spacial score (nSPS) is 17.4. The Morgan fingerprint density at radius 1 is 1.45 bits per heavy atom. The molecule has 0 radical (unpaired) electrons. The molecule has 3 rings (SSSR count). The summed E-state index contributed by atoms with van der Waals surface area (Å²) < 4.78 is 1.02. The largest absolute Gasteiger partial charge is 0.399 e. The molecule has 2 aromatic rings. The number of anilines is 2. The minimum Gasteiger partial charge on any atom is -0.399 e. The summed E-state index contributed by atoms with van der Waals surface area (Å²) in [5.74, 6) is 0.0693. The molecule has 1 aliphatic rings. The van der Waals surface area contributed by atoms with Crippen molar-refractivity contribution in [3.63, 3.8) is 0 Å². The van der Waals surface area contributed by atoms with E-state index in [4.69, 9.17) is 5.73 Å². The average Bonchev–Trinajstić information content (AvgIpc) is 2.88. The first-order chi connectivity index (χ1) is 9.47. The molecule has 2 N–H and O–H groups in total. The van der Waals surface area contributed by atoms with E-state index < -0.39 is 0 Å². The van der Waals surface area contributed by atoms with Gasteiger partial charge >= 0.3 is 0 Å². The van der Waals surface area contributed by atoms with Crippen LogP contribution in [0.25, 0.3) is 0 Å². The van der Waals surface area contributed by atoms with E-state index in [1.165, 1.54) is 11.3 Å². The molecule has 3 nitrogen and oxygen atoms in total. The third-order valence-electron chi connectivity index (χ3n) is 3.61. The molecular formula is C15H15BrN2OS. The van der Waals surface area contributed by atoms with Gasteiger partial charge in [-0.2, -0.15) is 0 Å². The van der Waals surface area contributed by atoms with Gasteiger partial charge in [0.1, 0.15) is 0 Å². The molecule has 20 heavy (non-hydrogen) atoms. The van der Waals surface area contributed by atoms with E-state index in [0.29, 0.717) is 0 Å². The minimum atomic E-state index is 0.0693. The van der Waals surface area contributed by atoms with Gasteiger partial charge in [-0.1, -0.05) is 0 Å². The zero-order valence-electron chi connectivity index (χ0n) is 11.3. The fraction of sp³-hybridized carbons (Fsp3) is 0.267. The molecule has 104 valence electrons. The number of thiophene rings is 1. The zero-order chi connectivity index (χ0) is 14.4. The summed E-state index contributed by atoms with van der Waals surface area (Å²) in [7, 11) is 0. The first kappa shape index (κ1) is 13.6. The number of nitrogens with two attached hydrogens (primary N) is 1. The van der Waals surface area contributed by atoms with Crippen molar-refractivity contribution in [2.45, 2.75) is 26.3 Å². The molecule has 0 bridgehead atoms. The number of rotatable bonds is 1. The first-order valence-electron chi connectivity index (χ1n) is 6.45. The highest BCUT2D eigenvalue weighted by Gasteiger charge is 2.32. The molecule has 0 saturated heterocycles. The van der Waals surface area contributed by atoms with Gasteiger partial charge in [0, 0.05) is 17.4 Å². The van der Waals surface area contributed by atoms with Crippen LogP contribution in [0, 0.1) is 6.92 Å². The highest BCUT2D eigenvalue weighted by Crippen LogP contribution is 2.36. The summed E-state index contributed by atoms with van der Waals surface area (Å²) in [5, 5.41) is 0. The molecule has 5 heteroatoms. The Morgan fingerprint density at radius 3 is 2.85 bits per heavy atom. The van der Waals surface area contributed by atoms with E-state index in [1.54, 1.807) is 0 Å². The zero-order valence-corrected chi connectivity index (χ0v) is 13.7. The maximum absolute atomic E-state index is 12.8. The van der Waals surface area contributed by atoms with Crippen molar-refractivity contribution in [2.24, 2.45) is 0 Å².